The largest absolute Gasteiger partial charge is 0.447 e. The maximum Gasteiger partial charge on any atom is 0.247 e. The van der Waals surface area contributed by atoms with E-state index in [4.69, 9.17) is 27.9 Å². The standard InChI is InChI=1S/C21H18Cl2N4O2S/c1-3-7-16(28)27-15-11-5-4-8-12(15)18-19(24-21(30-2)26-25-18)29-20(27)13-9-6-10-14(22)17(13)23/h4-6,8-11,20H,3,7H2,1-2H3. The molecule has 2 heterocycles. The van der Waals surface area contributed by atoms with Gasteiger partial charge in [-0.2, -0.15) is 4.98 Å². The second-order valence-corrected chi connectivity index (χ2v) is 8.15. The second-order valence-electron chi connectivity index (χ2n) is 6.60. The molecule has 0 spiro atoms. The van der Waals surface area contributed by atoms with Crippen molar-refractivity contribution in [2.24, 2.45) is 0 Å². The van der Waals surface area contributed by atoms with Crippen LogP contribution in [0.4, 0.5) is 5.69 Å². The molecule has 0 bridgehead atoms. The first-order valence-electron chi connectivity index (χ1n) is 9.35. The van der Waals surface area contributed by atoms with Gasteiger partial charge in [-0.3, -0.25) is 9.69 Å². The van der Waals surface area contributed by atoms with Gasteiger partial charge in [0.25, 0.3) is 0 Å². The number of thioether (sulfide) groups is 1. The molecule has 154 valence electrons. The minimum Gasteiger partial charge on any atom is -0.447 e. The molecule has 0 saturated heterocycles. The molecule has 3 aromatic rings. The molecule has 6 nitrogen and oxygen atoms in total. The smallest absolute Gasteiger partial charge is 0.247 e. The lowest BCUT2D eigenvalue weighted by Crippen LogP contribution is -2.37. The number of anilines is 1. The molecule has 2 aromatic carbocycles. The molecule has 0 fully saturated rings. The van der Waals surface area contributed by atoms with E-state index in [1.54, 1.807) is 23.1 Å². The van der Waals surface area contributed by atoms with Crippen LogP contribution in [0.25, 0.3) is 11.3 Å². The minimum atomic E-state index is -0.857. The first kappa shape index (κ1) is 20.9. The van der Waals surface area contributed by atoms with Crippen molar-refractivity contribution in [2.45, 2.75) is 31.1 Å². The van der Waals surface area contributed by atoms with Gasteiger partial charge < -0.3 is 4.74 Å². The molecule has 1 aliphatic heterocycles. The van der Waals surface area contributed by atoms with Crippen LogP contribution < -0.4 is 9.64 Å². The SMILES string of the molecule is CCCC(=O)N1c2ccccc2-c2nnc(SC)nc2OC1c1cccc(Cl)c1Cl. The van der Waals surface area contributed by atoms with Gasteiger partial charge in [0.15, 0.2) is 5.69 Å². The fraction of sp³-hybridized carbons (Fsp3) is 0.238. The lowest BCUT2D eigenvalue weighted by Gasteiger charge is -2.31. The lowest BCUT2D eigenvalue weighted by atomic mass is 10.1. The molecule has 0 saturated carbocycles. The van der Waals surface area contributed by atoms with Gasteiger partial charge in [0, 0.05) is 17.5 Å². The quantitative estimate of drug-likeness (QED) is 0.458. The van der Waals surface area contributed by atoms with E-state index in [0.717, 1.165) is 0 Å². The number of hydrogen-bond acceptors (Lipinski definition) is 6. The topological polar surface area (TPSA) is 68.2 Å². The number of para-hydroxylation sites is 1. The average molecular weight is 461 g/mol. The minimum absolute atomic E-state index is 0.100. The van der Waals surface area contributed by atoms with Crippen molar-refractivity contribution in [2.75, 3.05) is 11.2 Å². The van der Waals surface area contributed by atoms with Crippen molar-refractivity contribution >= 4 is 46.6 Å². The molecule has 0 N–H and O–H groups in total. The van der Waals surface area contributed by atoms with Gasteiger partial charge in [-0.1, -0.05) is 72.2 Å². The van der Waals surface area contributed by atoms with Gasteiger partial charge in [0.05, 0.1) is 15.7 Å². The third-order valence-corrected chi connectivity index (χ3v) is 6.05. The van der Waals surface area contributed by atoms with Crippen molar-refractivity contribution in [1.29, 1.82) is 0 Å². The summed E-state index contributed by atoms with van der Waals surface area (Å²) < 4.78 is 6.32. The number of benzene rings is 2. The molecule has 1 unspecified atom stereocenters. The average Bonchev–Trinajstić information content (AvgIpc) is 2.90. The van der Waals surface area contributed by atoms with Gasteiger partial charge in [0.1, 0.15) is 0 Å². The summed E-state index contributed by atoms with van der Waals surface area (Å²) in [6, 6.07) is 12.7. The van der Waals surface area contributed by atoms with Crippen molar-refractivity contribution in [3.8, 4) is 17.1 Å². The Hall–Kier alpha value is -2.35. The number of aromatic nitrogens is 3. The van der Waals surface area contributed by atoms with Gasteiger partial charge in [-0.15, -0.1) is 10.2 Å². The Kier molecular flexibility index (Phi) is 6.13. The van der Waals surface area contributed by atoms with Crippen LogP contribution in [0.3, 0.4) is 0 Å². The molecule has 0 radical (unpaired) electrons. The predicted octanol–water partition coefficient (Wildman–Crippen LogP) is 5.79. The summed E-state index contributed by atoms with van der Waals surface area (Å²) >= 11 is 14.2. The number of rotatable bonds is 4. The zero-order valence-corrected chi connectivity index (χ0v) is 18.6. The first-order valence-corrected chi connectivity index (χ1v) is 11.3. The summed E-state index contributed by atoms with van der Waals surface area (Å²) in [4.78, 5) is 19.4. The maximum atomic E-state index is 13.3. The molecule has 30 heavy (non-hydrogen) atoms. The third kappa shape index (κ3) is 3.73. The van der Waals surface area contributed by atoms with Crippen LogP contribution in [0, 0.1) is 0 Å². The zero-order chi connectivity index (χ0) is 21.3. The number of carbonyl (C=O) groups is 1. The lowest BCUT2D eigenvalue weighted by molar-refractivity contribution is -0.120. The highest BCUT2D eigenvalue weighted by Gasteiger charge is 2.36. The number of halogens is 2. The molecular weight excluding hydrogens is 443 g/mol. The monoisotopic (exact) mass is 460 g/mol. The Bertz CT molecular complexity index is 1110. The first-order chi connectivity index (χ1) is 14.5. The fourth-order valence-corrected chi connectivity index (χ4v) is 4.02. The molecule has 1 aromatic heterocycles. The van der Waals surface area contributed by atoms with E-state index in [2.05, 4.69) is 15.2 Å². The molecule has 9 heteroatoms. The van der Waals surface area contributed by atoms with Crippen LogP contribution >= 0.6 is 35.0 Å². The summed E-state index contributed by atoms with van der Waals surface area (Å²) in [5, 5.41) is 9.67. The fourth-order valence-electron chi connectivity index (χ4n) is 3.32. The predicted molar refractivity (Wildman–Crippen MR) is 119 cm³/mol. The maximum absolute atomic E-state index is 13.3. The van der Waals surface area contributed by atoms with Crippen LogP contribution in [-0.2, 0) is 4.79 Å². The van der Waals surface area contributed by atoms with Gasteiger partial charge in [-0.25, -0.2) is 0 Å². The van der Waals surface area contributed by atoms with Crippen molar-refractivity contribution in [3.63, 3.8) is 0 Å². The Morgan fingerprint density at radius 1 is 1.17 bits per heavy atom. The summed E-state index contributed by atoms with van der Waals surface area (Å²) in [7, 11) is 0. The van der Waals surface area contributed by atoms with Crippen molar-refractivity contribution in [3.05, 3.63) is 58.1 Å². The van der Waals surface area contributed by atoms with Crippen LogP contribution in [0.5, 0.6) is 5.88 Å². The number of carbonyl (C=O) groups excluding carboxylic acids is 1. The zero-order valence-electron chi connectivity index (χ0n) is 16.3. The molecule has 1 aliphatic rings. The van der Waals surface area contributed by atoms with E-state index >= 15 is 0 Å². The van der Waals surface area contributed by atoms with Crippen LogP contribution in [0.2, 0.25) is 10.0 Å². The Morgan fingerprint density at radius 2 is 1.97 bits per heavy atom. The van der Waals surface area contributed by atoms with Crippen LogP contribution in [0.15, 0.2) is 47.6 Å². The number of amides is 1. The molecule has 0 aliphatic carbocycles. The van der Waals surface area contributed by atoms with Crippen molar-refractivity contribution < 1.29 is 9.53 Å². The summed E-state index contributed by atoms with van der Waals surface area (Å²) in [6.07, 6.45) is 2.03. The highest BCUT2D eigenvalue weighted by Crippen LogP contribution is 2.45. The number of ether oxygens (including phenoxy) is 1. The van der Waals surface area contributed by atoms with E-state index in [9.17, 15) is 4.79 Å². The summed E-state index contributed by atoms with van der Waals surface area (Å²) in [5.74, 6) is 0.187. The van der Waals surface area contributed by atoms with E-state index in [-0.39, 0.29) is 11.8 Å². The van der Waals surface area contributed by atoms with Crippen LogP contribution in [-0.4, -0.2) is 27.3 Å². The number of fused-ring (bicyclic) bond motifs is 3. The molecule has 1 amide bonds. The summed E-state index contributed by atoms with van der Waals surface area (Å²) in [5.41, 5.74) is 2.41. The Labute approximate surface area is 188 Å². The number of hydrogen-bond donors (Lipinski definition) is 0. The molecule has 4 rings (SSSR count). The molecular formula is C21H18Cl2N4O2S. The van der Waals surface area contributed by atoms with Gasteiger partial charge in [0.2, 0.25) is 23.2 Å². The highest BCUT2D eigenvalue weighted by atomic mass is 35.5. The highest BCUT2D eigenvalue weighted by molar-refractivity contribution is 7.98. The van der Waals surface area contributed by atoms with Crippen LogP contribution in [0.1, 0.15) is 31.6 Å². The third-order valence-electron chi connectivity index (χ3n) is 4.67. The van der Waals surface area contributed by atoms with Gasteiger partial charge >= 0.3 is 0 Å². The summed E-state index contributed by atoms with van der Waals surface area (Å²) in [6.45, 7) is 1.95. The molecule has 1 atom stereocenters. The number of nitrogens with zero attached hydrogens (tertiary/aromatic N) is 4. The van der Waals surface area contributed by atoms with Crippen molar-refractivity contribution in [1.82, 2.24) is 15.2 Å². The van der Waals surface area contributed by atoms with Gasteiger partial charge in [-0.05, 0) is 24.8 Å². The van der Waals surface area contributed by atoms with E-state index < -0.39 is 6.23 Å². The normalized spacial score (nSPS) is 15.1. The van der Waals surface area contributed by atoms with E-state index in [1.807, 2.05) is 37.4 Å². The Morgan fingerprint density at radius 3 is 2.73 bits per heavy atom. The second kappa shape index (κ2) is 8.79. The van der Waals surface area contributed by atoms with E-state index in [0.29, 0.717) is 50.6 Å². The van der Waals surface area contributed by atoms with E-state index in [1.165, 1.54) is 11.8 Å². The Balaban J connectivity index is 1.99.